The van der Waals surface area contributed by atoms with Gasteiger partial charge in [-0.05, 0) is 12.1 Å². The fraction of sp³-hybridized carbons (Fsp3) is 0. The molecular formula is C10H9N2O. The van der Waals surface area contributed by atoms with Gasteiger partial charge in [0.2, 0.25) is 0 Å². The average Bonchev–Trinajstić information content (AvgIpc) is 2.51. The Kier molecular flexibility index (Phi) is 1.77. The molecule has 1 radical (unpaired) electrons. The van der Waals surface area contributed by atoms with Crippen LogP contribution in [-0.4, -0.2) is 14.7 Å². The molecule has 1 N–H and O–H groups in total. The van der Waals surface area contributed by atoms with Crippen molar-refractivity contribution in [2.24, 2.45) is 0 Å². The summed E-state index contributed by atoms with van der Waals surface area (Å²) in [5.74, 6) is 0.899. The molecule has 1 heterocycles. The summed E-state index contributed by atoms with van der Waals surface area (Å²) in [6.07, 6.45) is 3.48. The molecule has 0 aliphatic heterocycles. The summed E-state index contributed by atoms with van der Waals surface area (Å²) < 4.78 is 1.81. The van der Waals surface area contributed by atoms with Gasteiger partial charge in [0.15, 0.2) is 0 Å². The first kappa shape index (κ1) is 7.86. The molecule has 0 unspecified atom stereocenters. The normalized spacial score (nSPS) is 10.2. The van der Waals surface area contributed by atoms with Crippen LogP contribution in [0.5, 0.6) is 5.75 Å². The summed E-state index contributed by atoms with van der Waals surface area (Å²) in [5.41, 5.74) is 0.863. The van der Waals surface area contributed by atoms with Crippen molar-refractivity contribution >= 4 is 0 Å². The molecule has 3 nitrogen and oxygen atoms in total. The second-order valence-electron chi connectivity index (χ2n) is 2.73. The Labute approximate surface area is 76.3 Å². The van der Waals surface area contributed by atoms with Gasteiger partial charge >= 0.3 is 0 Å². The first-order chi connectivity index (χ1) is 6.27. The summed E-state index contributed by atoms with van der Waals surface area (Å²) in [7, 11) is 0. The Morgan fingerprint density at radius 3 is 2.85 bits per heavy atom. The van der Waals surface area contributed by atoms with Gasteiger partial charge in [-0.25, -0.2) is 4.98 Å². The summed E-state index contributed by atoms with van der Waals surface area (Å²) in [4.78, 5) is 3.99. The van der Waals surface area contributed by atoms with E-state index in [1.54, 1.807) is 35.2 Å². The minimum absolute atomic E-state index is 0.241. The molecule has 0 saturated carbocycles. The van der Waals surface area contributed by atoms with E-state index >= 15 is 0 Å². The lowest BCUT2D eigenvalue weighted by molar-refractivity contribution is 0.475. The fourth-order valence-electron chi connectivity index (χ4n) is 1.21. The number of aromatic hydroxyl groups is 1. The molecule has 0 fully saturated rings. The molecular weight excluding hydrogens is 164 g/mol. The van der Waals surface area contributed by atoms with E-state index in [1.165, 1.54) is 0 Å². The third kappa shape index (κ3) is 1.40. The second-order valence-corrected chi connectivity index (χ2v) is 2.73. The van der Waals surface area contributed by atoms with Crippen LogP contribution in [0.4, 0.5) is 0 Å². The zero-order valence-electron chi connectivity index (χ0n) is 7.01. The fourth-order valence-corrected chi connectivity index (χ4v) is 1.21. The number of rotatable bonds is 1. The highest BCUT2D eigenvalue weighted by molar-refractivity contribution is 5.39. The van der Waals surface area contributed by atoms with Gasteiger partial charge in [0, 0.05) is 25.4 Å². The summed E-state index contributed by atoms with van der Waals surface area (Å²) in [5, 5.41) is 9.25. The Bertz CT molecular complexity index is 420. The molecule has 13 heavy (non-hydrogen) atoms. The van der Waals surface area contributed by atoms with Gasteiger partial charge in [0.1, 0.15) is 11.6 Å². The van der Waals surface area contributed by atoms with Crippen LogP contribution in [0.3, 0.4) is 0 Å². The van der Waals surface area contributed by atoms with Crippen molar-refractivity contribution in [2.75, 3.05) is 0 Å². The van der Waals surface area contributed by atoms with Gasteiger partial charge in [-0.3, -0.25) is 0 Å². The Balaban J connectivity index is 2.53. The van der Waals surface area contributed by atoms with Crippen LogP contribution in [0.1, 0.15) is 5.82 Å². The number of aromatic nitrogens is 2. The van der Waals surface area contributed by atoms with E-state index in [9.17, 15) is 5.11 Å². The Hall–Kier alpha value is -1.77. The van der Waals surface area contributed by atoms with Crippen LogP contribution in [-0.2, 0) is 0 Å². The number of nitrogens with zero attached hydrogens (tertiary/aromatic N) is 2. The first-order valence-corrected chi connectivity index (χ1v) is 3.92. The number of hydrogen-bond donors (Lipinski definition) is 1. The second kappa shape index (κ2) is 2.94. The van der Waals surface area contributed by atoms with Crippen molar-refractivity contribution < 1.29 is 5.11 Å². The van der Waals surface area contributed by atoms with Crippen LogP contribution in [0, 0.1) is 6.92 Å². The van der Waals surface area contributed by atoms with Crippen molar-refractivity contribution in [1.82, 2.24) is 9.55 Å². The SMILES string of the molecule is [CH2]c1nccn1-c1cccc(O)c1. The van der Waals surface area contributed by atoms with Crippen LogP contribution in [0.25, 0.3) is 5.69 Å². The van der Waals surface area contributed by atoms with Gasteiger partial charge in [-0.15, -0.1) is 0 Å². The molecule has 0 atom stereocenters. The highest BCUT2D eigenvalue weighted by atomic mass is 16.3. The largest absolute Gasteiger partial charge is 0.508 e. The number of phenolic OH excluding ortho intramolecular Hbond substituents is 1. The molecule has 0 amide bonds. The number of phenols is 1. The lowest BCUT2D eigenvalue weighted by Crippen LogP contribution is -1.94. The quantitative estimate of drug-likeness (QED) is 0.713. The van der Waals surface area contributed by atoms with Gasteiger partial charge < -0.3 is 9.67 Å². The Morgan fingerprint density at radius 1 is 1.38 bits per heavy atom. The lowest BCUT2D eigenvalue weighted by Gasteiger charge is -2.04. The molecule has 1 aromatic carbocycles. The Morgan fingerprint density at radius 2 is 2.23 bits per heavy atom. The summed E-state index contributed by atoms with van der Waals surface area (Å²) >= 11 is 0. The predicted octanol–water partition coefficient (Wildman–Crippen LogP) is 1.76. The van der Waals surface area contributed by atoms with E-state index < -0.39 is 0 Å². The maximum atomic E-state index is 9.25. The first-order valence-electron chi connectivity index (χ1n) is 3.92. The molecule has 0 bridgehead atoms. The van der Waals surface area contributed by atoms with Gasteiger partial charge in [0.05, 0.1) is 5.69 Å². The highest BCUT2D eigenvalue weighted by Gasteiger charge is 1.99. The minimum atomic E-state index is 0.241. The van der Waals surface area contributed by atoms with E-state index in [0.29, 0.717) is 5.82 Å². The molecule has 3 heteroatoms. The van der Waals surface area contributed by atoms with Crippen molar-refractivity contribution in [3.8, 4) is 11.4 Å². The minimum Gasteiger partial charge on any atom is -0.508 e. The van der Waals surface area contributed by atoms with E-state index in [4.69, 9.17) is 0 Å². The molecule has 0 spiro atoms. The van der Waals surface area contributed by atoms with Gasteiger partial charge in [-0.2, -0.15) is 0 Å². The van der Waals surface area contributed by atoms with E-state index in [-0.39, 0.29) is 5.75 Å². The smallest absolute Gasteiger partial charge is 0.117 e. The molecule has 65 valence electrons. The average molecular weight is 173 g/mol. The number of benzene rings is 1. The molecule has 2 aromatic rings. The summed E-state index contributed by atoms with van der Waals surface area (Å²) in [6, 6.07) is 6.96. The number of imidazole rings is 1. The molecule has 0 saturated heterocycles. The van der Waals surface area contributed by atoms with Crippen molar-refractivity contribution in [1.29, 1.82) is 0 Å². The maximum Gasteiger partial charge on any atom is 0.117 e. The van der Waals surface area contributed by atoms with Crippen LogP contribution in [0.15, 0.2) is 36.7 Å². The maximum absolute atomic E-state index is 9.25. The zero-order chi connectivity index (χ0) is 9.26. The molecule has 0 aliphatic carbocycles. The summed E-state index contributed by atoms with van der Waals surface area (Å²) in [6.45, 7) is 3.76. The van der Waals surface area contributed by atoms with Crippen molar-refractivity contribution in [3.05, 3.63) is 49.4 Å². The molecule has 0 aliphatic rings. The van der Waals surface area contributed by atoms with Gasteiger partial charge in [0.25, 0.3) is 0 Å². The van der Waals surface area contributed by atoms with Crippen molar-refractivity contribution in [2.45, 2.75) is 0 Å². The van der Waals surface area contributed by atoms with Gasteiger partial charge in [-0.1, -0.05) is 6.07 Å². The topological polar surface area (TPSA) is 38.0 Å². The van der Waals surface area contributed by atoms with Crippen LogP contribution >= 0.6 is 0 Å². The van der Waals surface area contributed by atoms with Crippen molar-refractivity contribution in [3.63, 3.8) is 0 Å². The standard InChI is InChI=1S/C10H9N2O/c1-8-11-5-6-12(8)9-3-2-4-10(13)7-9/h2-7,13H,1H2. The zero-order valence-corrected chi connectivity index (χ0v) is 7.01. The van der Waals surface area contributed by atoms with E-state index in [0.717, 1.165) is 5.69 Å². The van der Waals surface area contributed by atoms with E-state index in [1.807, 2.05) is 6.07 Å². The van der Waals surface area contributed by atoms with Crippen LogP contribution in [0.2, 0.25) is 0 Å². The lowest BCUT2D eigenvalue weighted by atomic mass is 10.3. The third-order valence-corrected chi connectivity index (χ3v) is 1.83. The van der Waals surface area contributed by atoms with E-state index in [2.05, 4.69) is 11.9 Å². The predicted molar refractivity (Wildman–Crippen MR) is 49.7 cm³/mol. The third-order valence-electron chi connectivity index (χ3n) is 1.83. The highest BCUT2D eigenvalue weighted by Crippen LogP contribution is 2.15. The molecule has 1 aromatic heterocycles. The molecule has 2 rings (SSSR count). The number of hydrogen-bond acceptors (Lipinski definition) is 2. The monoisotopic (exact) mass is 173 g/mol. The van der Waals surface area contributed by atoms with Crippen LogP contribution < -0.4 is 0 Å².